The van der Waals surface area contributed by atoms with Gasteiger partial charge in [-0.2, -0.15) is 0 Å². The first-order valence-electron chi connectivity index (χ1n) is 8.94. The number of anilines is 1. The maximum atomic E-state index is 12.8. The van der Waals surface area contributed by atoms with Gasteiger partial charge in [-0.3, -0.25) is 14.5 Å². The molecule has 1 fully saturated rings. The molecular weight excluding hydrogens is 478 g/mol. The van der Waals surface area contributed by atoms with E-state index in [4.69, 9.17) is 5.73 Å². The molecule has 2 atom stereocenters. The second-order valence-electron chi connectivity index (χ2n) is 6.61. The molecule has 0 spiro atoms. The summed E-state index contributed by atoms with van der Waals surface area (Å²) in [5, 5.41) is 29.4. The largest absolute Gasteiger partial charge is 0.477 e. The first-order valence-corrected chi connectivity index (χ1v) is 11.6. The van der Waals surface area contributed by atoms with Crippen LogP contribution in [-0.4, -0.2) is 70.4 Å². The zero-order valence-corrected chi connectivity index (χ0v) is 18.7. The lowest BCUT2D eigenvalue weighted by Gasteiger charge is -2.49. The normalized spacial score (nSPS) is 21.0. The maximum Gasteiger partial charge on any atom is 0.352 e. The Bertz CT molecular complexity index is 1200. The van der Waals surface area contributed by atoms with E-state index in [0.717, 1.165) is 21.1 Å². The number of oxime groups is 1. The molecular formula is C17H15N7O5S3. The van der Waals surface area contributed by atoms with Gasteiger partial charge in [-0.1, -0.05) is 15.7 Å². The summed E-state index contributed by atoms with van der Waals surface area (Å²) < 4.78 is 3.83. The Morgan fingerprint density at radius 2 is 2.19 bits per heavy atom. The number of allylic oxidation sites excluding steroid dienone is 1. The third-order valence-electron chi connectivity index (χ3n) is 4.70. The number of carboxylic acids is 1. The highest BCUT2D eigenvalue weighted by Crippen LogP contribution is 2.40. The number of hydrogen-bond donors (Lipinski definition) is 4. The Hall–Kier alpha value is -3.30. The number of hydrogen-bond acceptors (Lipinski definition) is 12. The third kappa shape index (κ3) is 3.85. The number of nitrogens with zero attached hydrogens (tertiary/aromatic N) is 5. The van der Waals surface area contributed by atoms with Crippen LogP contribution in [0, 0.1) is 6.92 Å². The molecule has 15 heteroatoms. The molecule has 4 heterocycles. The minimum atomic E-state index is -1.25. The van der Waals surface area contributed by atoms with Crippen molar-refractivity contribution < 1.29 is 24.7 Å². The van der Waals surface area contributed by atoms with E-state index in [1.807, 2.05) is 6.92 Å². The molecule has 2 amide bonds. The summed E-state index contributed by atoms with van der Waals surface area (Å²) in [6.45, 7) is 1.85. The molecule has 166 valence electrons. The summed E-state index contributed by atoms with van der Waals surface area (Å²) in [7, 11) is 0. The molecule has 1 saturated heterocycles. The first-order chi connectivity index (χ1) is 15.3. The Kier molecular flexibility index (Phi) is 5.94. The fourth-order valence-corrected chi connectivity index (χ4v) is 5.48. The van der Waals surface area contributed by atoms with Crippen molar-refractivity contribution in [2.24, 2.45) is 5.16 Å². The van der Waals surface area contributed by atoms with Gasteiger partial charge >= 0.3 is 5.97 Å². The number of carboxylic acid groups (broad SMARTS) is 1. The second-order valence-corrected chi connectivity index (χ2v) is 9.56. The number of nitrogen functional groups attached to an aromatic ring is 1. The van der Waals surface area contributed by atoms with E-state index in [1.165, 1.54) is 28.7 Å². The lowest BCUT2D eigenvalue weighted by atomic mass is 10.0. The predicted octanol–water partition coefficient (Wildman–Crippen LogP) is 0.516. The number of carbonyl (C=O) groups excluding carboxylic acids is 2. The number of fused-ring (bicyclic) bond motifs is 1. The van der Waals surface area contributed by atoms with Crippen LogP contribution in [0.3, 0.4) is 0 Å². The molecule has 12 nitrogen and oxygen atoms in total. The molecule has 32 heavy (non-hydrogen) atoms. The van der Waals surface area contributed by atoms with Crippen LogP contribution in [0.2, 0.25) is 0 Å². The molecule has 2 aromatic rings. The van der Waals surface area contributed by atoms with E-state index in [0.29, 0.717) is 17.0 Å². The van der Waals surface area contributed by atoms with Gasteiger partial charge in [0.15, 0.2) is 10.8 Å². The highest BCUT2D eigenvalue weighted by Gasteiger charge is 2.54. The third-order valence-corrected chi connectivity index (χ3v) is 7.32. The van der Waals surface area contributed by atoms with Gasteiger partial charge in [0, 0.05) is 16.0 Å². The molecule has 2 aliphatic rings. The van der Waals surface area contributed by atoms with Gasteiger partial charge in [-0.25, -0.2) is 9.78 Å². The quantitative estimate of drug-likeness (QED) is 0.191. The number of amides is 2. The van der Waals surface area contributed by atoms with Crippen LogP contribution in [0.15, 0.2) is 27.9 Å². The monoisotopic (exact) mass is 493 g/mol. The van der Waals surface area contributed by atoms with Crippen molar-refractivity contribution in [2.45, 2.75) is 18.3 Å². The summed E-state index contributed by atoms with van der Waals surface area (Å²) in [5.74, 6) is -2.36. The van der Waals surface area contributed by atoms with Crippen LogP contribution in [0.25, 0.3) is 6.08 Å². The fraction of sp³-hybridized carbons (Fsp3) is 0.235. The maximum absolute atomic E-state index is 12.8. The number of aryl methyl sites for hydroxylation is 1. The number of carbonyl (C=O) groups is 3. The van der Waals surface area contributed by atoms with Gasteiger partial charge in [-0.05, 0) is 30.1 Å². The summed E-state index contributed by atoms with van der Waals surface area (Å²) in [6, 6.07) is -0.981. The van der Waals surface area contributed by atoms with Crippen molar-refractivity contribution in [3.63, 3.8) is 0 Å². The van der Waals surface area contributed by atoms with Gasteiger partial charge in [0.2, 0.25) is 0 Å². The highest BCUT2D eigenvalue weighted by atomic mass is 32.2. The summed E-state index contributed by atoms with van der Waals surface area (Å²) in [4.78, 5) is 43.1. The first kappa shape index (κ1) is 21.9. The van der Waals surface area contributed by atoms with Crippen LogP contribution in [-0.2, 0) is 14.4 Å². The molecule has 5 N–H and O–H groups in total. The highest BCUT2D eigenvalue weighted by molar-refractivity contribution is 8.00. The van der Waals surface area contributed by atoms with Gasteiger partial charge < -0.3 is 21.4 Å². The Morgan fingerprint density at radius 1 is 1.41 bits per heavy atom. The van der Waals surface area contributed by atoms with Crippen molar-refractivity contribution in [2.75, 3.05) is 11.5 Å². The van der Waals surface area contributed by atoms with Crippen LogP contribution in [0.1, 0.15) is 16.3 Å². The minimum Gasteiger partial charge on any atom is -0.477 e. The Balaban J connectivity index is 1.53. The van der Waals surface area contributed by atoms with Gasteiger partial charge in [0.25, 0.3) is 11.8 Å². The van der Waals surface area contributed by atoms with Crippen molar-refractivity contribution in [1.82, 2.24) is 24.8 Å². The summed E-state index contributed by atoms with van der Waals surface area (Å²) >= 11 is 3.59. The summed E-state index contributed by atoms with van der Waals surface area (Å²) in [6.07, 6.45) is 3.27. The Morgan fingerprint density at radius 3 is 2.78 bits per heavy atom. The van der Waals surface area contributed by atoms with Gasteiger partial charge in [-0.15, -0.1) is 28.2 Å². The zero-order valence-electron chi connectivity index (χ0n) is 16.3. The van der Waals surface area contributed by atoms with E-state index in [1.54, 1.807) is 12.2 Å². The van der Waals surface area contributed by atoms with E-state index in [-0.39, 0.29) is 16.5 Å². The van der Waals surface area contributed by atoms with E-state index in [9.17, 15) is 24.7 Å². The Labute approximate surface area is 192 Å². The fourth-order valence-electron chi connectivity index (χ4n) is 3.16. The number of aliphatic carboxylic acids is 1. The standard InChI is InChI=1S/C17H15N7O5S3/c1-6-8(21-23-32-6)3-2-7-4-30-15-11(14(26)24(15)12(7)16(27)28)20-13(25)10(22-29)9-5-31-17(18)19-9/h2-3,5,11,15,29H,4H2,1H3,(H2,18,19)(H,20,25)(H,27,28)/b3-2-,22-10-/t11?,15-/m1/s1. The molecule has 2 aliphatic heterocycles. The van der Waals surface area contributed by atoms with Crippen LogP contribution >= 0.6 is 34.6 Å². The van der Waals surface area contributed by atoms with E-state index in [2.05, 4.69) is 25.0 Å². The number of aromatic nitrogens is 3. The smallest absolute Gasteiger partial charge is 0.352 e. The molecule has 0 aromatic carbocycles. The molecule has 2 aromatic heterocycles. The molecule has 0 radical (unpaired) electrons. The van der Waals surface area contributed by atoms with Crippen molar-refractivity contribution in [1.29, 1.82) is 0 Å². The molecule has 1 unspecified atom stereocenters. The van der Waals surface area contributed by atoms with Crippen LogP contribution < -0.4 is 11.1 Å². The average molecular weight is 494 g/mol. The number of β-lactam (4-membered cyclic amide) rings is 1. The van der Waals surface area contributed by atoms with Crippen molar-refractivity contribution >= 4 is 69.3 Å². The van der Waals surface area contributed by atoms with Gasteiger partial charge in [0.1, 0.15) is 28.5 Å². The predicted molar refractivity (Wildman–Crippen MR) is 118 cm³/mol. The van der Waals surface area contributed by atoms with E-state index >= 15 is 0 Å². The van der Waals surface area contributed by atoms with Crippen molar-refractivity contribution in [3.05, 3.63) is 39.0 Å². The lowest BCUT2D eigenvalue weighted by molar-refractivity contribution is -0.150. The van der Waals surface area contributed by atoms with Crippen LogP contribution in [0.4, 0.5) is 5.13 Å². The van der Waals surface area contributed by atoms with Crippen molar-refractivity contribution in [3.8, 4) is 0 Å². The summed E-state index contributed by atoms with van der Waals surface area (Å²) in [5.41, 5.74) is 6.13. The number of nitrogens with one attached hydrogen (secondary N) is 1. The number of rotatable bonds is 6. The SMILES string of the molecule is Cc1snnc1/C=C\C1=C(C(=O)O)N2C(=O)C(NC(=O)/C(=N\O)c3csc(N)n3)[C@H]2SC1. The molecule has 0 saturated carbocycles. The zero-order chi connectivity index (χ0) is 23.0. The topological polar surface area (TPSA) is 184 Å². The molecule has 4 rings (SSSR count). The van der Waals surface area contributed by atoms with Crippen LogP contribution in [0.5, 0.6) is 0 Å². The van der Waals surface area contributed by atoms with E-state index < -0.39 is 34.9 Å². The number of thiazole rings is 1. The average Bonchev–Trinajstić information content (AvgIpc) is 3.37. The minimum absolute atomic E-state index is 0.0674. The number of thioether (sulfide) groups is 1. The lowest BCUT2D eigenvalue weighted by Crippen LogP contribution is -2.71. The molecule has 0 bridgehead atoms. The van der Waals surface area contributed by atoms with Gasteiger partial charge in [0.05, 0.1) is 0 Å². The number of nitrogens with two attached hydrogens (primary N) is 1. The molecule has 0 aliphatic carbocycles. The second kappa shape index (κ2) is 8.68.